The number of ether oxygens (including phenoxy) is 1. The zero-order chi connectivity index (χ0) is 13.0. The lowest BCUT2D eigenvalue weighted by atomic mass is 10.1. The number of nitrogens with two attached hydrogens (primary N) is 1. The van der Waals surface area contributed by atoms with Gasteiger partial charge in [0.15, 0.2) is 11.5 Å². The van der Waals surface area contributed by atoms with Crippen molar-refractivity contribution in [2.24, 2.45) is 5.84 Å². The Morgan fingerprint density at radius 1 is 1.78 bits per heavy atom. The van der Waals surface area contributed by atoms with Crippen molar-refractivity contribution >= 4 is 5.91 Å². The standard InChI is InChI=1S/C11H18N4O3/c1-17-8-3-2-4-15(6-8)7-9-5-10(14-18-9)11(16)13-12/h5,8H,2-4,6-7,12H2,1H3,(H,13,16). The minimum Gasteiger partial charge on any atom is -0.380 e. The fourth-order valence-electron chi connectivity index (χ4n) is 2.14. The van der Waals surface area contributed by atoms with Gasteiger partial charge in [-0.3, -0.25) is 15.1 Å². The molecule has 1 aliphatic rings. The summed E-state index contributed by atoms with van der Waals surface area (Å²) in [4.78, 5) is 13.4. The van der Waals surface area contributed by atoms with E-state index >= 15 is 0 Å². The molecule has 7 nitrogen and oxygen atoms in total. The SMILES string of the molecule is COC1CCCN(Cc2cc(C(=O)NN)no2)C1. The van der Waals surface area contributed by atoms with E-state index in [0.717, 1.165) is 25.9 Å². The summed E-state index contributed by atoms with van der Waals surface area (Å²) in [5.41, 5.74) is 2.22. The second kappa shape index (κ2) is 5.94. The predicted molar refractivity (Wildman–Crippen MR) is 63.5 cm³/mol. The molecule has 0 radical (unpaired) electrons. The molecule has 7 heteroatoms. The third kappa shape index (κ3) is 3.06. The van der Waals surface area contributed by atoms with Crippen LogP contribution in [0.25, 0.3) is 0 Å². The Bertz CT molecular complexity index is 407. The van der Waals surface area contributed by atoms with Crippen molar-refractivity contribution in [3.63, 3.8) is 0 Å². The highest BCUT2D eigenvalue weighted by Crippen LogP contribution is 2.15. The molecule has 0 aliphatic carbocycles. The number of nitrogens with one attached hydrogen (secondary N) is 1. The van der Waals surface area contributed by atoms with Crippen LogP contribution in [0, 0.1) is 0 Å². The molecule has 0 aromatic carbocycles. The molecule has 1 aromatic rings. The van der Waals surface area contributed by atoms with Crippen LogP contribution < -0.4 is 11.3 Å². The van der Waals surface area contributed by atoms with Gasteiger partial charge in [-0.1, -0.05) is 5.16 Å². The fourth-order valence-corrected chi connectivity index (χ4v) is 2.14. The van der Waals surface area contributed by atoms with Crippen LogP contribution in [-0.2, 0) is 11.3 Å². The van der Waals surface area contributed by atoms with Crippen LogP contribution in [0.3, 0.4) is 0 Å². The maximum absolute atomic E-state index is 11.2. The topological polar surface area (TPSA) is 93.6 Å². The largest absolute Gasteiger partial charge is 0.380 e. The van der Waals surface area contributed by atoms with E-state index in [1.165, 1.54) is 0 Å². The number of nitrogen functional groups attached to an aromatic ring is 1. The molecular formula is C11H18N4O3. The maximum Gasteiger partial charge on any atom is 0.287 e. The second-order valence-electron chi connectivity index (χ2n) is 4.39. The molecular weight excluding hydrogens is 236 g/mol. The van der Waals surface area contributed by atoms with E-state index in [-0.39, 0.29) is 11.8 Å². The van der Waals surface area contributed by atoms with Crippen LogP contribution >= 0.6 is 0 Å². The number of nitrogens with zero attached hydrogens (tertiary/aromatic N) is 2. The first-order chi connectivity index (χ1) is 8.72. The van der Waals surface area contributed by atoms with Crippen molar-refractivity contribution in [1.82, 2.24) is 15.5 Å². The van der Waals surface area contributed by atoms with Crippen molar-refractivity contribution < 1.29 is 14.1 Å². The molecule has 2 rings (SSSR count). The first kappa shape index (κ1) is 13.0. The number of aromatic nitrogens is 1. The van der Waals surface area contributed by atoms with E-state index in [1.807, 2.05) is 5.43 Å². The summed E-state index contributed by atoms with van der Waals surface area (Å²) < 4.78 is 10.5. The minimum atomic E-state index is -0.446. The average Bonchev–Trinajstić information content (AvgIpc) is 2.86. The Kier molecular flexibility index (Phi) is 4.29. The van der Waals surface area contributed by atoms with Crippen molar-refractivity contribution in [3.05, 3.63) is 17.5 Å². The maximum atomic E-state index is 11.2. The highest BCUT2D eigenvalue weighted by molar-refractivity contribution is 5.91. The molecule has 1 aromatic heterocycles. The number of hydrogen-bond donors (Lipinski definition) is 2. The molecule has 18 heavy (non-hydrogen) atoms. The molecule has 0 spiro atoms. The van der Waals surface area contributed by atoms with Gasteiger partial charge in [-0.15, -0.1) is 0 Å². The number of carbonyl (C=O) groups excluding carboxylic acids is 1. The molecule has 1 unspecified atom stereocenters. The normalized spacial score (nSPS) is 20.9. The highest BCUT2D eigenvalue weighted by Gasteiger charge is 2.21. The number of likely N-dealkylation sites (tertiary alicyclic amines) is 1. The van der Waals surface area contributed by atoms with Gasteiger partial charge in [-0.05, 0) is 19.4 Å². The van der Waals surface area contributed by atoms with E-state index in [9.17, 15) is 4.79 Å². The van der Waals surface area contributed by atoms with E-state index in [4.69, 9.17) is 15.1 Å². The second-order valence-corrected chi connectivity index (χ2v) is 4.39. The lowest BCUT2D eigenvalue weighted by Gasteiger charge is -2.30. The molecule has 1 atom stereocenters. The zero-order valence-corrected chi connectivity index (χ0v) is 10.4. The summed E-state index contributed by atoms with van der Waals surface area (Å²) >= 11 is 0. The van der Waals surface area contributed by atoms with Gasteiger partial charge in [0.05, 0.1) is 12.6 Å². The van der Waals surface area contributed by atoms with Crippen molar-refractivity contribution in [2.75, 3.05) is 20.2 Å². The van der Waals surface area contributed by atoms with Gasteiger partial charge in [0.1, 0.15) is 0 Å². The van der Waals surface area contributed by atoms with E-state index < -0.39 is 5.91 Å². The Hall–Kier alpha value is -1.44. The molecule has 0 bridgehead atoms. The summed E-state index contributed by atoms with van der Waals surface area (Å²) in [6.45, 7) is 2.50. The number of piperidine rings is 1. The van der Waals surface area contributed by atoms with Crippen molar-refractivity contribution in [1.29, 1.82) is 0 Å². The predicted octanol–water partition coefficient (Wildman–Crippen LogP) is -0.111. The van der Waals surface area contributed by atoms with Crippen LogP contribution in [-0.4, -0.2) is 42.3 Å². The smallest absolute Gasteiger partial charge is 0.287 e. The number of rotatable bonds is 4. The summed E-state index contributed by atoms with van der Waals surface area (Å²) in [5.74, 6) is 5.24. The van der Waals surface area contributed by atoms with Gasteiger partial charge >= 0.3 is 0 Å². The van der Waals surface area contributed by atoms with Crippen molar-refractivity contribution in [3.8, 4) is 0 Å². The Balaban J connectivity index is 1.92. The summed E-state index contributed by atoms with van der Waals surface area (Å²) in [6, 6.07) is 1.61. The average molecular weight is 254 g/mol. The van der Waals surface area contributed by atoms with E-state index in [0.29, 0.717) is 12.3 Å². The van der Waals surface area contributed by atoms with Gasteiger partial charge < -0.3 is 9.26 Å². The summed E-state index contributed by atoms with van der Waals surface area (Å²) in [7, 11) is 1.73. The fraction of sp³-hybridized carbons (Fsp3) is 0.636. The zero-order valence-electron chi connectivity index (χ0n) is 10.4. The Labute approximate surface area is 105 Å². The Morgan fingerprint density at radius 2 is 2.61 bits per heavy atom. The van der Waals surface area contributed by atoms with Crippen LogP contribution in [0.2, 0.25) is 0 Å². The van der Waals surface area contributed by atoms with E-state index in [1.54, 1.807) is 13.2 Å². The van der Waals surface area contributed by atoms with Gasteiger partial charge in [-0.2, -0.15) is 0 Å². The molecule has 1 amide bonds. The number of hydrogen-bond acceptors (Lipinski definition) is 6. The summed E-state index contributed by atoms with van der Waals surface area (Å²) in [5, 5.41) is 3.67. The first-order valence-corrected chi connectivity index (χ1v) is 5.94. The lowest BCUT2D eigenvalue weighted by Crippen LogP contribution is -2.38. The number of methoxy groups -OCH3 is 1. The molecule has 2 heterocycles. The van der Waals surface area contributed by atoms with Crippen molar-refractivity contribution in [2.45, 2.75) is 25.5 Å². The number of carbonyl (C=O) groups is 1. The van der Waals surface area contributed by atoms with Crippen LogP contribution in [0.5, 0.6) is 0 Å². The number of hydrazine groups is 1. The van der Waals surface area contributed by atoms with Gasteiger partial charge in [-0.25, -0.2) is 5.84 Å². The third-order valence-electron chi connectivity index (χ3n) is 3.10. The first-order valence-electron chi connectivity index (χ1n) is 5.94. The highest BCUT2D eigenvalue weighted by atomic mass is 16.5. The van der Waals surface area contributed by atoms with Gasteiger partial charge in [0, 0.05) is 19.7 Å². The van der Waals surface area contributed by atoms with Crippen LogP contribution in [0.1, 0.15) is 29.1 Å². The van der Waals surface area contributed by atoms with Gasteiger partial charge in [0.25, 0.3) is 5.91 Å². The Morgan fingerprint density at radius 3 is 3.33 bits per heavy atom. The van der Waals surface area contributed by atoms with Crippen LogP contribution in [0.15, 0.2) is 10.6 Å². The van der Waals surface area contributed by atoms with E-state index in [2.05, 4.69) is 10.1 Å². The molecule has 1 saturated heterocycles. The van der Waals surface area contributed by atoms with Crippen LogP contribution in [0.4, 0.5) is 0 Å². The lowest BCUT2D eigenvalue weighted by molar-refractivity contribution is 0.0257. The summed E-state index contributed by atoms with van der Waals surface area (Å²) in [6.07, 6.45) is 2.46. The molecule has 100 valence electrons. The van der Waals surface area contributed by atoms with Gasteiger partial charge in [0.2, 0.25) is 0 Å². The third-order valence-corrected chi connectivity index (χ3v) is 3.10. The quantitative estimate of drug-likeness (QED) is 0.442. The number of amides is 1. The molecule has 1 fully saturated rings. The molecule has 1 aliphatic heterocycles. The molecule has 3 N–H and O–H groups in total. The monoisotopic (exact) mass is 254 g/mol. The molecule has 0 saturated carbocycles. The minimum absolute atomic E-state index is 0.202.